The van der Waals surface area contributed by atoms with E-state index in [4.69, 9.17) is 9.26 Å². The Bertz CT molecular complexity index is 525. The van der Waals surface area contributed by atoms with Crippen molar-refractivity contribution in [2.75, 3.05) is 53.5 Å². The number of piperazine rings is 1. The minimum Gasteiger partial charge on any atom is -0.385 e. The van der Waals surface area contributed by atoms with Crippen molar-refractivity contribution >= 4 is 29.9 Å². The van der Waals surface area contributed by atoms with Crippen LogP contribution in [0.15, 0.2) is 21.8 Å². The highest BCUT2D eigenvalue weighted by Gasteiger charge is 2.42. The van der Waals surface area contributed by atoms with Crippen molar-refractivity contribution in [2.45, 2.75) is 25.8 Å². The molecule has 1 aromatic rings. The molecule has 1 aromatic heterocycles. The summed E-state index contributed by atoms with van der Waals surface area (Å²) in [5.74, 6) is 1.03. The van der Waals surface area contributed by atoms with E-state index in [0.29, 0.717) is 5.41 Å². The van der Waals surface area contributed by atoms with Gasteiger partial charge in [0.05, 0.1) is 5.69 Å². The molecule has 1 N–H and O–H groups in total. The Morgan fingerprint density at radius 3 is 2.68 bits per heavy atom. The van der Waals surface area contributed by atoms with Crippen LogP contribution in [0, 0.1) is 5.41 Å². The molecule has 0 amide bonds. The Morgan fingerprint density at radius 2 is 2.12 bits per heavy atom. The van der Waals surface area contributed by atoms with E-state index in [1.165, 1.54) is 12.8 Å². The minimum absolute atomic E-state index is 0. The molecule has 1 saturated heterocycles. The van der Waals surface area contributed by atoms with Gasteiger partial charge in [-0.1, -0.05) is 5.16 Å². The van der Waals surface area contributed by atoms with Gasteiger partial charge in [0.1, 0.15) is 6.26 Å². The van der Waals surface area contributed by atoms with E-state index in [2.05, 4.69) is 25.3 Å². The average Bonchev–Trinajstić information content (AvgIpc) is 3.20. The average molecular weight is 463 g/mol. The normalized spacial score (nSPS) is 20.2. The van der Waals surface area contributed by atoms with Crippen LogP contribution in [0.1, 0.15) is 25.0 Å². The van der Waals surface area contributed by atoms with Crippen LogP contribution < -0.4 is 5.32 Å². The Balaban J connectivity index is 0.00000225. The number of aliphatic imine (C=N–C) groups is 1. The highest BCUT2D eigenvalue weighted by molar-refractivity contribution is 14.0. The Morgan fingerprint density at radius 1 is 1.36 bits per heavy atom. The number of nitrogens with zero attached hydrogens (tertiary/aromatic N) is 4. The summed E-state index contributed by atoms with van der Waals surface area (Å²) >= 11 is 0. The fourth-order valence-electron chi connectivity index (χ4n) is 3.28. The lowest BCUT2D eigenvalue weighted by Crippen LogP contribution is -2.52. The lowest BCUT2D eigenvalue weighted by atomic mass is 10.0. The third-order valence-corrected chi connectivity index (χ3v) is 5.18. The van der Waals surface area contributed by atoms with Crippen LogP contribution in [-0.4, -0.2) is 74.4 Å². The minimum atomic E-state index is 0. The van der Waals surface area contributed by atoms with E-state index in [1.54, 1.807) is 13.4 Å². The van der Waals surface area contributed by atoms with Gasteiger partial charge in [-0.25, -0.2) is 0 Å². The fourth-order valence-corrected chi connectivity index (χ4v) is 3.28. The maximum absolute atomic E-state index is 5.24. The number of hydrogen-bond donors (Lipinski definition) is 1. The number of aromatic nitrogens is 1. The van der Waals surface area contributed by atoms with Crippen LogP contribution in [0.5, 0.6) is 0 Å². The van der Waals surface area contributed by atoms with Gasteiger partial charge in [0.15, 0.2) is 5.96 Å². The molecule has 0 spiro atoms. The van der Waals surface area contributed by atoms with Crippen molar-refractivity contribution in [1.29, 1.82) is 0 Å². The molecule has 1 saturated carbocycles. The van der Waals surface area contributed by atoms with Gasteiger partial charge in [-0.15, -0.1) is 24.0 Å². The molecule has 7 nitrogen and oxygen atoms in total. The van der Waals surface area contributed by atoms with Crippen LogP contribution in [0.25, 0.3) is 0 Å². The summed E-state index contributed by atoms with van der Waals surface area (Å²) in [6, 6.07) is 1.93. The van der Waals surface area contributed by atoms with E-state index < -0.39 is 0 Å². The Labute approximate surface area is 167 Å². The first-order chi connectivity index (χ1) is 11.7. The molecule has 142 valence electrons. The van der Waals surface area contributed by atoms with Crippen molar-refractivity contribution in [3.63, 3.8) is 0 Å². The summed E-state index contributed by atoms with van der Waals surface area (Å²) in [4.78, 5) is 9.24. The van der Waals surface area contributed by atoms with Crippen molar-refractivity contribution in [3.8, 4) is 0 Å². The summed E-state index contributed by atoms with van der Waals surface area (Å²) in [5, 5.41) is 7.58. The first-order valence-electron chi connectivity index (χ1n) is 8.81. The molecule has 1 aliphatic carbocycles. The second-order valence-electron chi connectivity index (χ2n) is 6.90. The zero-order chi connectivity index (χ0) is 16.8. The van der Waals surface area contributed by atoms with Crippen LogP contribution in [-0.2, 0) is 11.3 Å². The van der Waals surface area contributed by atoms with Gasteiger partial charge in [-0.2, -0.15) is 0 Å². The van der Waals surface area contributed by atoms with Crippen LogP contribution in [0.4, 0.5) is 0 Å². The highest BCUT2D eigenvalue weighted by atomic mass is 127. The predicted octanol–water partition coefficient (Wildman–Crippen LogP) is 1.80. The van der Waals surface area contributed by atoms with Gasteiger partial charge in [0, 0.05) is 66.1 Å². The second-order valence-corrected chi connectivity index (χ2v) is 6.90. The summed E-state index contributed by atoms with van der Waals surface area (Å²) < 4.78 is 10.1. The smallest absolute Gasteiger partial charge is 0.193 e. The molecular formula is C17H30IN5O2. The molecule has 0 radical (unpaired) electrons. The SMILES string of the molecule is CN=C(NCC1(CCOC)CC1)N1CCN(Cc2ccon2)CC1.I. The van der Waals surface area contributed by atoms with Gasteiger partial charge >= 0.3 is 0 Å². The third-order valence-electron chi connectivity index (χ3n) is 5.18. The first-order valence-corrected chi connectivity index (χ1v) is 8.81. The van der Waals surface area contributed by atoms with E-state index in [-0.39, 0.29) is 24.0 Å². The summed E-state index contributed by atoms with van der Waals surface area (Å²) in [6.07, 6.45) is 5.37. The topological polar surface area (TPSA) is 66.1 Å². The largest absolute Gasteiger partial charge is 0.385 e. The second kappa shape index (κ2) is 9.72. The first kappa shape index (κ1) is 20.4. The number of hydrogen-bond acceptors (Lipinski definition) is 5. The molecule has 2 aliphatic rings. The number of nitrogens with one attached hydrogen (secondary N) is 1. The van der Waals surface area contributed by atoms with Gasteiger partial charge < -0.3 is 19.5 Å². The molecule has 25 heavy (non-hydrogen) atoms. The molecule has 0 atom stereocenters. The summed E-state index contributed by atoms with van der Waals surface area (Å²) in [7, 11) is 3.65. The third kappa shape index (κ3) is 5.82. The molecule has 3 rings (SSSR count). The number of rotatable bonds is 7. The summed E-state index contributed by atoms with van der Waals surface area (Å²) in [5.41, 5.74) is 1.43. The van der Waals surface area contributed by atoms with Crippen molar-refractivity contribution < 1.29 is 9.26 Å². The standard InChI is InChI=1S/C17H29N5O2.HI/c1-18-16(19-14-17(4-5-17)6-12-23-2)22-9-7-21(8-10-22)13-15-3-11-24-20-15;/h3,11H,4-10,12-14H2,1-2H3,(H,18,19);1H. The summed E-state index contributed by atoms with van der Waals surface area (Å²) in [6.45, 7) is 6.72. The van der Waals surface area contributed by atoms with Gasteiger partial charge in [0.2, 0.25) is 0 Å². The monoisotopic (exact) mass is 463 g/mol. The van der Waals surface area contributed by atoms with Crippen LogP contribution >= 0.6 is 24.0 Å². The number of guanidine groups is 1. The highest BCUT2D eigenvalue weighted by Crippen LogP contribution is 2.48. The van der Waals surface area contributed by atoms with Gasteiger partial charge in [-0.05, 0) is 24.7 Å². The lowest BCUT2D eigenvalue weighted by molar-refractivity contribution is 0.164. The Kier molecular flexibility index (Phi) is 7.95. The van der Waals surface area contributed by atoms with Crippen LogP contribution in [0.2, 0.25) is 0 Å². The van der Waals surface area contributed by atoms with E-state index in [9.17, 15) is 0 Å². The quantitative estimate of drug-likeness (QED) is 0.378. The number of methoxy groups -OCH3 is 1. The number of halogens is 1. The number of ether oxygens (including phenoxy) is 1. The zero-order valence-electron chi connectivity index (χ0n) is 15.2. The maximum atomic E-state index is 5.24. The predicted molar refractivity (Wildman–Crippen MR) is 108 cm³/mol. The molecule has 2 fully saturated rings. The van der Waals surface area contributed by atoms with Crippen molar-refractivity contribution in [1.82, 2.24) is 20.3 Å². The fraction of sp³-hybridized carbons (Fsp3) is 0.765. The Hall–Kier alpha value is -0.870. The van der Waals surface area contributed by atoms with Gasteiger partial charge in [-0.3, -0.25) is 9.89 Å². The molecule has 0 aromatic carbocycles. The van der Waals surface area contributed by atoms with E-state index in [0.717, 1.165) is 63.9 Å². The van der Waals surface area contributed by atoms with Gasteiger partial charge in [0.25, 0.3) is 0 Å². The molecular weight excluding hydrogens is 433 g/mol. The zero-order valence-corrected chi connectivity index (χ0v) is 17.6. The molecule has 0 unspecified atom stereocenters. The molecule has 0 bridgehead atoms. The van der Waals surface area contributed by atoms with Crippen molar-refractivity contribution in [3.05, 3.63) is 18.0 Å². The maximum Gasteiger partial charge on any atom is 0.193 e. The van der Waals surface area contributed by atoms with Crippen LogP contribution in [0.3, 0.4) is 0 Å². The molecule has 1 aliphatic heterocycles. The van der Waals surface area contributed by atoms with Crippen molar-refractivity contribution in [2.24, 2.45) is 10.4 Å². The van der Waals surface area contributed by atoms with E-state index in [1.807, 2.05) is 13.1 Å². The lowest BCUT2D eigenvalue weighted by Gasteiger charge is -2.36. The molecule has 2 heterocycles. The molecule has 8 heteroatoms. The van der Waals surface area contributed by atoms with E-state index >= 15 is 0 Å².